The second-order valence-corrected chi connectivity index (χ2v) is 8.89. The average molecular weight is 452 g/mol. The van der Waals surface area contributed by atoms with E-state index in [4.69, 9.17) is 21.2 Å². The number of hydrogen-bond donors (Lipinski definition) is 1. The summed E-state index contributed by atoms with van der Waals surface area (Å²) < 4.78 is 32.2. The van der Waals surface area contributed by atoms with E-state index in [1.807, 2.05) is 31.2 Å². The van der Waals surface area contributed by atoms with E-state index in [0.29, 0.717) is 18.9 Å². The van der Waals surface area contributed by atoms with Crippen LogP contribution < -0.4 is 5.32 Å². The summed E-state index contributed by atoms with van der Waals surface area (Å²) >= 11 is 6.12. The standard InChI is InChI=1S/C20H22ClN3O5S/c1-15-4-2-3-5-16(15)13-22-29-14-20(25)23-17-6-7-18(21)19(12-17)30(26,27)24-8-10-28-11-9-24/h2-7,12-13H,8-11,14H2,1H3,(H,23,25)/b22-13+. The molecule has 1 heterocycles. The molecule has 3 rings (SSSR count). The third-order valence-electron chi connectivity index (χ3n) is 4.45. The predicted molar refractivity (Wildman–Crippen MR) is 114 cm³/mol. The van der Waals surface area contributed by atoms with Crippen molar-refractivity contribution in [1.82, 2.24) is 4.31 Å². The van der Waals surface area contributed by atoms with Crippen LogP contribution in [0.3, 0.4) is 0 Å². The van der Waals surface area contributed by atoms with E-state index in [0.717, 1.165) is 11.1 Å². The van der Waals surface area contributed by atoms with Crippen molar-refractivity contribution < 1.29 is 22.8 Å². The molecule has 1 saturated heterocycles. The van der Waals surface area contributed by atoms with Crippen molar-refractivity contribution in [3.05, 3.63) is 58.6 Å². The number of carbonyl (C=O) groups is 1. The number of halogens is 1. The minimum Gasteiger partial charge on any atom is -0.386 e. The summed E-state index contributed by atoms with van der Waals surface area (Å²) in [7, 11) is -3.79. The maximum absolute atomic E-state index is 12.8. The molecule has 8 nitrogen and oxygen atoms in total. The van der Waals surface area contributed by atoms with E-state index in [2.05, 4.69) is 10.5 Å². The van der Waals surface area contributed by atoms with Gasteiger partial charge in [0.1, 0.15) is 4.90 Å². The first-order valence-electron chi connectivity index (χ1n) is 9.26. The average Bonchev–Trinajstić information content (AvgIpc) is 2.74. The van der Waals surface area contributed by atoms with Crippen LogP contribution in [-0.4, -0.2) is 57.8 Å². The number of anilines is 1. The predicted octanol–water partition coefficient (Wildman–Crippen LogP) is 2.66. The van der Waals surface area contributed by atoms with Gasteiger partial charge in [0.15, 0.2) is 6.61 Å². The molecule has 1 aliphatic heterocycles. The van der Waals surface area contributed by atoms with Crippen LogP contribution in [0.25, 0.3) is 0 Å². The summed E-state index contributed by atoms with van der Waals surface area (Å²) in [4.78, 5) is 17.1. The van der Waals surface area contributed by atoms with Crippen molar-refractivity contribution in [2.45, 2.75) is 11.8 Å². The molecule has 2 aromatic carbocycles. The van der Waals surface area contributed by atoms with E-state index >= 15 is 0 Å². The van der Waals surface area contributed by atoms with Gasteiger partial charge in [-0.2, -0.15) is 4.31 Å². The number of nitrogens with one attached hydrogen (secondary N) is 1. The molecule has 0 spiro atoms. The molecule has 0 atom stereocenters. The van der Waals surface area contributed by atoms with Gasteiger partial charge >= 0.3 is 0 Å². The maximum atomic E-state index is 12.8. The van der Waals surface area contributed by atoms with E-state index < -0.39 is 15.9 Å². The minimum absolute atomic E-state index is 0.0673. The first-order valence-corrected chi connectivity index (χ1v) is 11.1. The Labute approximate surface area is 180 Å². The molecular formula is C20H22ClN3O5S. The Bertz CT molecular complexity index is 1040. The third-order valence-corrected chi connectivity index (χ3v) is 6.83. The molecule has 0 aliphatic carbocycles. The molecule has 0 unspecified atom stereocenters. The summed E-state index contributed by atoms with van der Waals surface area (Å²) in [6.45, 7) is 2.78. The fourth-order valence-corrected chi connectivity index (χ4v) is 4.73. The number of nitrogens with zero attached hydrogens (tertiary/aromatic N) is 2. The molecule has 10 heteroatoms. The van der Waals surface area contributed by atoms with Gasteiger partial charge in [-0.15, -0.1) is 0 Å². The van der Waals surface area contributed by atoms with Crippen LogP contribution in [0.5, 0.6) is 0 Å². The van der Waals surface area contributed by atoms with E-state index in [1.54, 1.807) is 0 Å². The van der Waals surface area contributed by atoms with Crippen LogP contribution in [0.4, 0.5) is 5.69 Å². The van der Waals surface area contributed by atoms with Crippen molar-refractivity contribution in [1.29, 1.82) is 0 Å². The van der Waals surface area contributed by atoms with Crippen LogP contribution >= 0.6 is 11.6 Å². The SMILES string of the molecule is Cc1ccccc1/C=N/OCC(=O)Nc1ccc(Cl)c(S(=O)(=O)N2CCOCC2)c1. The summed E-state index contributed by atoms with van der Waals surface area (Å²) in [6, 6.07) is 11.9. The summed E-state index contributed by atoms with van der Waals surface area (Å²) in [5.41, 5.74) is 2.21. The topological polar surface area (TPSA) is 97.3 Å². The highest BCUT2D eigenvalue weighted by Gasteiger charge is 2.28. The zero-order valence-corrected chi connectivity index (χ0v) is 17.9. The van der Waals surface area contributed by atoms with Crippen LogP contribution in [0.15, 0.2) is 52.5 Å². The monoisotopic (exact) mass is 451 g/mol. The number of hydrogen-bond acceptors (Lipinski definition) is 6. The van der Waals surface area contributed by atoms with Crippen molar-refractivity contribution in [2.75, 3.05) is 38.2 Å². The second kappa shape index (κ2) is 10.0. The Morgan fingerprint density at radius 2 is 2.00 bits per heavy atom. The molecular weight excluding hydrogens is 430 g/mol. The zero-order valence-electron chi connectivity index (χ0n) is 16.4. The highest BCUT2D eigenvalue weighted by Crippen LogP contribution is 2.28. The van der Waals surface area contributed by atoms with Gasteiger partial charge in [-0.25, -0.2) is 8.42 Å². The fourth-order valence-electron chi connectivity index (χ4n) is 2.82. The largest absolute Gasteiger partial charge is 0.386 e. The number of amides is 1. The van der Waals surface area contributed by atoms with Crippen molar-refractivity contribution in [3.8, 4) is 0 Å². The van der Waals surface area contributed by atoms with E-state index in [1.165, 1.54) is 28.7 Å². The van der Waals surface area contributed by atoms with Gasteiger partial charge in [0, 0.05) is 18.8 Å². The Morgan fingerprint density at radius 3 is 2.73 bits per heavy atom. The smallest absolute Gasteiger partial charge is 0.265 e. The van der Waals surface area contributed by atoms with Gasteiger partial charge in [-0.1, -0.05) is 41.0 Å². The van der Waals surface area contributed by atoms with Gasteiger partial charge in [-0.05, 0) is 36.2 Å². The van der Waals surface area contributed by atoms with Gasteiger partial charge in [0.05, 0.1) is 24.5 Å². The molecule has 2 aromatic rings. The second-order valence-electron chi connectivity index (χ2n) is 6.57. The lowest BCUT2D eigenvalue weighted by molar-refractivity contribution is -0.120. The highest BCUT2D eigenvalue weighted by molar-refractivity contribution is 7.89. The fraction of sp³-hybridized carbons (Fsp3) is 0.300. The lowest BCUT2D eigenvalue weighted by atomic mass is 10.1. The molecule has 0 saturated carbocycles. The van der Waals surface area contributed by atoms with Crippen molar-refractivity contribution >= 4 is 39.4 Å². The van der Waals surface area contributed by atoms with Gasteiger partial charge < -0.3 is 14.9 Å². The number of aryl methyl sites for hydroxylation is 1. The van der Waals surface area contributed by atoms with E-state index in [9.17, 15) is 13.2 Å². The Hall–Kier alpha value is -2.46. The summed E-state index contributed by atoms with van der Waals surface area (Å²) in [6.07, 6.45) is 1.53. The zero-order chi connectivity index (χ0) is 21.6. The molecule has 1 fully saturated rings. The van der Waals surface area contributed by atoms with E-state index in [-0.39, 0.29) is 29.6 Å². The molecule has 1 N–H and O–H groups in total. The van der Waals surface area contributed by atoms with Crippen molar-refractivity contribution in [3.63, 3.8) is 0 Å². The molecule has 30 heavy (non-hydrogen) atoms. The van der Waals surface area contributed by atoms with Gasteiger partial charge in [0.25, 0.3) is 5.91 Å². The molecule has 0 aromatic heterocycles. The molecule has 0 radical (unpaired) electrons. The molecule has 160 valence electrons. The van der Waals surface area contributed by atoms with Gasteiger partial charge in [-0.3, -0.25) is 4.79 Å². The number of carbonyl (C=O) groups excluding carboxylic acids is 1. The van der Waals surface area contributed by atoms with Crippen LogP contribution in [0, 0.1) is 6.92 Å². The number of ether oxygens (including phenoxy) is 1. The highest BCUT2D eigenvalue weighted by atomic mass is 35.5. The van der Waals surface area contributed by atoms with Crippen molar-refractivity contribution in [2.24, 2.45) is 5.16 Å². The lowest BCUT2D eigenvalue weighted by Gasteiger charge is -2.26. The molecule has 1 amide bonds. The summed E-state index contributed by atoms with van der Waals surface area (Å²) in [5, 5.41) is 6.47. The molecule has 0 bridgehead atoms. The molecule has 1 aliphatic rings. The van der Waals surface area contributed by atoms with Crippen LogP contribution in [0.1, 0.15) is 11.1 Å². The number of oxime groups is 1. The normalized spacial score (nSPS) is 15.3. The van der Waals surface area contributed by atoms with Crippen LogP contribution in [0.2, 0.25) is 5.02 Å². The minimum atomic E-state index is -3.79. The number of benzene rings is 2. The quantitative estimate of drug-likeness (QED) is 0.515. The van der Waals surface area contributed by atoms with Crippen LogP contribution in [-0.2, 0) is 24.4 Å². The Morgan fingerprint density at radius 1 is 1.27 bits per heavy atom. The summed E-state index contributed by atoms with van der Waals surface area (Å²) in [5.74, 6) is -0.478. The third kappa shape index (κ3) is 5.57. The number of sulfonamides is 1. The first kappa shape index (κ1) is 22.2. The first-order chi connectivity index (χ1) is 14.4. The Kier molecular flexibility index (Phi) is 7.43. The lowest BCUT2D eigenvalue weighted by Crippen LogP contribution is -2.40. The number of morpholine rings is 1. The number of rotatable bonds is 7. The van der Waals surface area contributed by atoms with Gasteiger partial charge in [0.2, 0.25) is 10.0 Å². The maximum Gasteiger partial charge on any atom is 0.265 e. The Balaban J connectivity index is 1.62.